The molecule has 0 aliphatic carbocycles. The molecular formula is C25H28N2O3S2. The van der Waals surface area contributed by atoms with Crippen molar-refractivity contribution < 1.29 is 13.2 Å². The van der Waals surface area contributed by atoms with Crippen LogP contribution in [0.25, 0.3) is 0 Å². The van der Waals surface area contributed by atoms with Gasteiger partial charge in [0.05, 0.1) is 11.4 Å². The van der Waals surface area contributed by atoms with Gasteiger partial charge in [-0.1, -0.05) is 30.3 Å². The second-order valence-electron chi connectivity index (χ2n) is 8.11. The van der Waals surface area contributed by atoms with E-state index < -0.39 is 10.0 Å². The number of carbonyl (C=O) groups excluding carboxylic acids is 1. The summed E-state index contributed by atoms with van der Waals surface area (Å²) in [6.07, 6.45) is 2.56. The minimum absolute atomic E-state index is 0.0860. The van der Waals surface area contributed by atoms with Crippen LogP contribution in [0.4, 0.5) is 0 Å². The molecule has 3 aromatic rings. The fourth-order valence-corrected chi connectivity index (χ4v) is 6.37. The van der Waals surface area contributed by atoms with Crippen molar-refractivity contribution in [2.45, 2.75) is 37.6 Å². The number of rotatable bonds is 8. The number of hydrogen-bond acceptors (Lipinski definition) is 4. The Bertz CT molecular complexity index is 1150. The fourth-order valence-electron chi connectivity index (χ4n) is 3.95. The zero-order valence-corrected chi connectivity index (χ0v) is 19.9. The number of carbonyl (C=O) groups is 1. The van der Waals surface area contributed by atoms with E-state index in [9.17, 15) is 13.2 Å². The van der Waals surface area contributed by atoms with Gasteiger partial charge in [0, 0.05) is 35.0 Å². The third-order valence-corrected chi connectivity index (χ3v) is 8.65. The Morgan fingerprint density at radius 2 is 1.66 bits per heavy atom. The quantitative estimate of drug-likeness (QED) is 0.480. The molecule has 0 N–H and O–H groups in total. The van der Waals surface area contributed by atoms with E-state index in [-0.39, 0.29) is 10.8 Å². The molecule has 0 atom stereocenters. The van der Waals surface area contributed by atoms with E-state index in [1.165, 1.54) is 14.7 Å². The molecule has 32 heavy (non-hydrogen) atoms. The van der Waals surface area contributed by atoms with Crippen molar-refractivity contribution in [3.63, 3.8) is 0 Å². The monoisotopic (exact) mass is 468 g/mol. The molecule has 4 rings (SSSR count). The van der Waals surface area contributed by atoms with E-state index in [2.05, 4.69) is 31.2 Å². The van der Waals surface area contributed by atoms with Gasteiger partial charge in [-0.25, -0.2) is 8.42 Å². The fraction of sp³-hybridized carbons (Fsp3) is 0.320. The average Bonchev–Trinajstić information content (AvgIpc) is 3.49. The van der Waals surface area contributed by atoms with Crippen LogP contribution in [-0.2, 0) is 23.0 Å². The average molecular weight is 469 g/mol. The van der Waals surface area contributed by atoms with Gasteiger partial charge in [0.25, 0.3) is 5.91 Å². The molecule has 1 aromatic heterocycles. The van der Waals surface area contributed by atoms with E-state index in [0.29, 0.717) is 31.7 Å². The van der Waals surface area contributed by atoms with Gasteiger partial charge >= 0.3 is 0 Å². The molecule has 1 aliphatic rings. The summed E-state index contributed by atoms with van der Waals surface area (Å²) in [5.74, 6) is -0.0860. The van der Waals surface area contributed by atoms with Crippen LogP contribution in [0.5, 0.6) is 0 Å². The summed E-state index contributed by atoms with van der Waals surface area (Å²) < 4.78 is 27.1. The first kappa shape index (κ1) is 22.7. The first-order valence-corrected chi connectivity index (χ1v) is 13.2. The number of thiophene rings is 1. The first-order valence-electron chi connectivity index (χ1n) is 10.9. The summed E-state index contributed by atoms with van der Waals surface area (Å²) >= 11 is 1.69. The summed E-state index contributed by atoms with van der Waals surface area (Å²) in [6, 6.07) is 20.7. The maximum absolute atomic E-state index is 13.4. The molecule has 0 radical (unpaired) electrons. The Labute approximate surface area is 194 Å². The normalized spacial score (nSPS) is 14.5. The molecule has 1 saturated heterocycles. The van der Waals surface area contributed by atoms with Gasteiger partial charge < -0.3 is 4.90 Å². The highest BCUT2D eigenvalue weighted by Crippen LogP contribution is 2.23. The highest BCUT2D eigenvalue weighted by Gasteiger charge is 2.27. The van der Waals surface area contributed by atoms with Crippen molar-refractivity contribution in [3.05, 3.63) is 87.6 Å². The molecule has 2 aromatic carbocycles. The van der Waals surface area contributed by atoms with Gasteiger partial charge in [-0.15, -0.1) is 11.3 Å². The smallest absolute Gasteiger partial charge is 0.254 e. The van der Waals surface area contributed by atoms with Crippen molar-refractivity contribution in [1.82, 2.24) is 9.21 Å². The molecule has 0 spiro atoms. The second-order valence-corrected chi connectivity index (χ2v) is 11.4. The lowest BCUT2D eigenvalue weighted by Crippen LogP contribution is -2.32. The van der Waals surface area contributed by atoms with Gasteiger partial charge in [0.15, 0.2) is 0 Å². The molecular weight excluding hydrogens is 440 g/mol. The largest absolute Gasteiger partial charge is 0.333 e. The van der Waals surface area contributed by atoms with Crippen LogP contribution in [0, 0.1) is 6.92 Å². The third-order valence-electron chi connectivity index (χ3n) is 5.75. The zero-order chi connectivity index (χ0) is 22.6. The van der Waals surface area contributed by atoms with Crippen LogP contribution in [0.3, 0.4) is 0 Å². The molecule has 168 valence electrons. The molecule has 1 amide bonds. The number of hydrogen-bond donors (Lipinski definition) is 0. The van der Waals surface area contributed by atoms with Crippen LogP contribution < -0.4 is 0 Å². The Morgan fingerprint density at radius 3 is 2.28 bits per heavy atom. The lowest BCUT2D eigenvalue weighted by Gasteiger charge is -2.23. The lowest BCUT2D eigenvalue weighted by molar-refractivity contribution is 0.0746. The van der Waals surface area contributed by atoms with Gasteiger partial charge in [0.1, 0.15) is 0 Å². The SMILES string of the molecule is Cc1ccc(CN(CCc2ccccc2)C(=O)c2ccc(S(=O)(=O)N3CCCC3)cc2)s1. The Balaban J connectivity index is 1.52. The van der Waals surface area contributed by atoms with E-state index in [1.807, 2.05) is 23.1 Å². The molecule has 1 fully saturated rings. The maximum Gasteiger partial charge on any atom is 0.254 e. The molecule has 5 nitrogen and oxygen atoms in total. The molecule has 0 unspecified atom stereocenters. The topological polar surface area (TPSA) is 57.7 Å². The molecule has 1 aliphatic heterocycles. The van der Waals surface area contributed by atoms with Crippen LogP contribution in [0.2, 0.25) is 0 Å². The van der Waals surface area contributed by atoms with Crippen LogP contribution in [0.1, 0.15) is 38.5 Å². The van der Waals surface area contributed by atoms with Crippen molar-refractivity contribution in [2.75, 3.05) is 19.6 Å². The van der Waals surface area contributed by atoms with Gasteiger partial charge in [-0.2, -0.15) is 4.31 Å². The number of sulfonamides is 1. The minimum Gasteiger partial charge on any atom is -0.333 e. The highest BCUT2D eigenvalue weighted by atomic mass is 32.2. The summed E-state index contributed by atoms with van der Waals surface area (Å²) in [6.45, 7) is 4.32. The molecule has 0 saturated carbocycles. The van der Waals surface area contributed by atoms with Crippen molar-refractivity contribution in [1.29, 1.82) is 0 Å². The summed E-state index contributed by atoms with van der Waals surface area (Å²) in [5, 5.41) is 0. The standard InChI is InChI=1S/C25H28N2O3S2/c1-20-9-12-23(31-20)19-26(18-15-21-7-3-2-4-8-21)25(28)22-10-13-24(14-11-22)32(29,30)27-16-5-6-17-27/h2-4,7-14H,5-6,15-19H2,1H3. The Hall–Kier alpha value is -2.48. The summed E-state index contributed by atoms with van der Waals surface area (Å²) in [4.78, 5) is 17.8. The third kappa shape index (κ3) is 5.28. The maximum atomic E-state index is 13.4. The number of nitrogens with zero attached hydrogens (tertiary/aromatic N) is 2. The van der Waals surface area contributed by atoms with Crippen LogP contribution in [-0.4, -0.2) is 43.2 Å². The van der Waals surface area contributed by atoms with E-state index in [4.69, 9.17) is 0 Å². The van der Waals surface area contributed by atoms with E-state index in [1.54, 1.807) is 35.6 Å². The van der Waals surface area contributed by atoms with Gasteiger partial charge in [-0.05, 0) is 68.1 Å². The summed E-state index contributed by atoms with van der Waals surface area (Å²) in [7, 11) is -3.48. The van der Waals surface area contributed by atoms with E-state index in [0.717, 1.165) is 24.1 Å². The zero-order valence-electron chi connectivity index (χ0n) is 18.2. The molecule has 2 heterocycles. The van der Waals surface area contributed by atoms with Crippen molar-refractivity contribution in [2.24, 2.45) is 0 Å². The highest BCUT2D eigenvalue weighted by molar-refractivity contribution is 7.89. The van der Waals surface area contributed by atoms with Crippen LogP contribution in [0.15, 0.2) is 71.6 Å². The number of amides is 1. The van der Waals surface area contributed by atoms with Gasteiger partial charge in [0.2, 0.25) is 10.0 Å². The Kier molecular flexibility index (Phi) is 7.08. The van der Waals surface area contributed by atoms with Crippen molar-refractivity contribution >= 4 is 27.3 Å². The van der Waals surface area contributed by atoms with E-state index >= 15 is 0 Å². The first-order chi connectivity index (χ1) is 15.4. The summed E-state index contributed by atoms with van der Waals surface area (Å²) in [5.41, 5.74) is 1.69. The second kappa shape index (κ2) is 9.98. The Morgan fingerprint density at radius 1 is 0.969 bits per heavy atom. The number of benzene rings is 2. The predicted molar refractivity (Wildman–Crippen MR) is 128 cm³/mol. The lowest BCUT2D eigenvalue weighted by atomic mass is 10.1. The van der Waals surface area contributed by atoms with Gasteiger partial charge in [-0.3, -0.25) is 4.79 Å². The molecule has 0 bridgehead atoms. The molecule has 7 heteroatoms. The van der Waals surface area contributed by atoms with Crippen LogP contribution >= 0.6 is 11.3 Å². The van der Waals surface area contributed by atoms with Crippen molar-refractivity contribution in [3.8, 4) is 0 Å². The predicted octanol–water partition coefficient (Wildman–Crippen LogP) is 4.73. The minimum atomic E-state index is -3.48. The number of aryl methyl sites for hydroxylation is 1.